The number of thioether (sulfide) groups is 1. The van der Waals surface area contributed by atoms with Gasteiger partial charge in [0.2, 0.25) is 10.6 Å². The minimum absolute atomic E-state index is 0.0516. The van der Waals surface area contributed by atoms with Crippen molar-refractivity contribution in [3.05, 3.63) is 22.0 Å². The summed E-state index contributed by atoms with van der Waals surface area (Å²) in [5.41, 5.74) is 1.34. The number of aryl methyl sites for hydroxylation is 2. The zero-order chi connectivity index (χ0) is 23.2. The molecule has 0 spiro atoms. The van der Waals surface area contributed by atoms with E-state index in [2.05, 4.69) is 30.6 Å². The summed E-state index contributed by atoms with van der Waals surface area (Å²) in [6, 6.07) is 0. The standard InChI is InChI=1S/C10H12ClN3O2S.C10H12ClN3OS/c11-9-12-6-1-4-17(16)7(6)8(13-9)14-10(5-15)2-3-10;11-9-12-6-1-4-16-7(6)8(13-9)14-10(5-15)2-3-10/h15H,1-5H2,(H,12,13,14);15H,1-5H2,(H,12,13,14). The fourth-order valence-corrected chi connectivity index (χ4v) is 6.55. The fourth-order valence-electron chi connectivity index (χ4n) is 3.82. The third kappa shape index (κ3) is 4.94. The van der Waals surface area contributed by atoms with Crippen LogP contribution in [0.2, 0.25) is 10.6 Å². The van der Waals surface area contributed by atoms with Crippen molar-refractivity contribution in [2.24, 2.45) is 0 Å². The highest BCUT2D eigenvalue weighted by atomic mass is 35.5. The Balaban J connectivity index is 0.000000139. The number of aliphatic hydroxyl groups excluding tert-OH is 2. The molecule has 178 valence electrons. The van der Waals surface area contributed by atoms with E-state index in [9.17, 15) is 14.4 Å². The molecule has 13 heteroatoms. The first-order valence-corrected chi connectivity index (χ1v) is 13.8. The van der Waals surface area contributed by atoms with Crippen LogP contribution in [0, 0.1) is 0 Å². The fraction of sp³-hybridized carbons (Fsp3) is 0.600. The predicted octanol–water partition coefficient (Wildman–Crippen LogP) is 2.45. The first-order chi connectivity index (χ1) is 15.9. The average molecular weight is 531 g/mol. The smallest absolute Gasteiger partial charge is 0.224 e. The molecule has 4 heterocycles. The van der Waals surface area contributed by atoms with Crippen LogP contribution in [0.4, 0.5) is 11.6 Å². The van der Waals surface area contributed by atoms with Crippen molar-refractivity contribution in [2.45, 2.75) is 59.4 Å². The van der Waals surface area contributed by atoms with Crippen LogP contribution >= 0.6 is 35.0 Å². The molecule has 0 aromatic carbocycles. The van der Waals surface area contributed by atoms with Crippen molar-refractivity contribution in [1.29, 1.82) is 0 Å². The topological polar surface area (TPSA) is 133 Å². The lowest BCUT2D eigenvalue weighted by atomic mass is 10.2. The van der Waals surface area contributed by atoms with Gasteiger partial charge in [-0.25, -0.2) is 9.97 Å². The van der Waals surface area contributed by atoms with Crippen LogP contribution in [0.1, 0.15) is 37.1 Å². The van der Waals surface area contributed by atoms with Crippen molar-refractivity contribution < 1.29 is 14.4 Å². The summed E-state index contributed by atoms with van der Waals surface area (Å²) >= 11 is 13.5. The summed E-state index contributed by atoms with van der Waals surface area (Å²) in [6.07, 6.45) is 5.39. The Morgan fingerprint density at radius 3 is 2.06 bits per heavy atom. The van der Waals surface area contributed by atoms with Crippen molar-refractivity contribution in [3.63, 3.8) is 0 Å². The monoisotopic (exact) mass is 530 g/mol. The van der Waals surface area contributed by atoms with Crippen LogP contribution in [0.15, 0.2) is 9.79 Å². The molecule has 2 aliphatic heterocycles. The van der Waals surface area contributed by atoms with Gasteiger partial charge in [0.15, 0.2) is 0 Å². The molecule has 4 N–H and O–H groups in total. The molecule has 0 radical (unpaired) electrons. The molecular weight excluding hydrogens is 507 g/mol. The van der Waals surface area contributed by atoms with Crippen LogP contribution in [0.3, 0.4) is 0 Å². The van der Waals surface area contributed by atoms with Gasteiger partial charge < -0.3 is 20.8 Å². The van der Waals surface area contributed by atoms with Gasteiger partial charge in [-0.3, -0.25) is 4.21 Å². The second-order valence-electron chi connectivity index (χ2n) is 8.76. The maximum Gasteiger partial charge on any atom is 0.224 e. The SMILES string of the molecule is O=S1CCc2nc(Cl)nc(NC3(CO)CC3)c21.OCC1(Nc2nc(Cl)nc3c2SCC3)CC1. The first kappa shape index (κ1) is 23.5. The minimum atomic E-state index is -1.05. The number of nitrogens with zero attached hydrogens (tertiary/aromatic N) is 4. The summed E-state index contributed by atoms with van der Waals surface area (Å²) in [5, 5.41) is 25.5. The lowest BCUT2D eigenvalue weighted by Gasteiger charge is -2.17. The van der Waals surface area contributed by atoms with Crippen LogP contribution in [0.5, 0.6) is 0 Å². The van der Waals surface area contributed by atoms with Gasteiger partial charge in [-0.2, -0.15) is 9.97 Å². The normalized spacial score (nSPS) is 22.6. The van der Waals surface area contributed by atoms with E-state index in [0.29, 0.717) is 22.9 Å². The van der Waals surface area contributed by atoms with Crippen molar-refractivity contribution in [1.82, 2.24) is 19.9 Å². The van der Waals surface area contributed by atoms with Gasteiger partial charge in [-0.05, 0) is 48.9 Å². The summed E-state index contributed by atoms with van der Waals surface area (Å²) < 4.78 is 11.9. The minimum Gasteiger partial charge on any atom is -0.394 e. The van der Waals surface area contributed by atoms with Crippen molar-refractivity contribution in [2.75, 3.05) is 35.4 Å². The first-order valence-electron chi connectivity index (χ1n) is 10.8. The Bertz CT molecular complexity index is 1110. The average Bonchev–Trinajstić information content (AvgIpc) is 3.65. The molecule has 0 bridgehead atoms. The van der Waals surface area contributed by atoms with Crippen molar-refractivity contribution in [3.8, 4) is 0 Å². The highest BCUT2D eigenvalue weighted by molar-refractivity contribution is 7.99. The van der Waals surface area contributed by atoms with Crippen LogP contribution in [0.25, 0.3) is 0 Å². The molecule has 1 unspecified atom stereocenters. The molecule has 1 atom stereocenters. The Hall–Kier alpha value is -1.24. The number of anilines is 2. The number of aliphatic hydroxyl groups is 2. The largest absolute Gasteiger partial charge is 0.394 e. The Kier molecular flexibility index (Phi) is 6.47. The molecule has 2 aliphatic carbocycles. The summed E-state index contributed by atoms with van der Waals surface area (Å²) in [7, 11) is -1.05. The van der Waals surface area contributed by atoms with Gasteiger partial charge in [-0.15, -0.1) is 11.8 Å². The number of halogens is 2. The van der Waals surface area contributed by atoms with Gasteiger partial charge in [0, 0.05) is 24.3 Å². The molecule has 2 aromatic rings. The Morgan fingerprint density at radius 1 is 0.879 bits per heavy atom. The van der Waals surface area contributed by atoms with Gasteiger partial charge >= 0.3 is 0 Å². The molecule has 2 aromatic heterocycles. The summed E-state index contributed by atoms with van der Waals surface area (Å²) in [5.74, 6) is 2.93. The molecule has 9 nitrogen and oxygen atoms in total. The van der Waals surface area contributed by atoms with E-state index < -0.39 is 10.8 Å². The number of nitrogens with one attached hydrogen (secondary N) is 2. The van der Waals surface area contributed by atoms with Gasteiger partial charge in [-0.1, -0.05) is 0 Å². The molecule has 6 rings (SSSR count). The summed E-state index contributed by atoms with van der Waals surface area (Å²) in [4.78, 5) is 18.4. The lowest BCUT2D eigenvalue weighted by molar-refractivity contribution is 0.265. The van der Waals surface area contributed by atoms with Gasteiger partial charge in [0.05, 0.1) is 51.4 Å². The molecule has 4 aliphatic rings. The van der Waals surface area contributed by atoms with E-state index in [1.165, 1.54) is 0 Å². The summed E-state index contributed by atoms with van der Waals surface area (Å²) in [6.45, 7) is 0.199. The lowest BCUT2D eigenvalue weighted by Crippen LogP contribution is -2.27. The Morgan fingerprint density at radius 2 is 1.45 bits per heavy atom. The third-order valence-electron chi connectivity index (χ3n) is 6.23. The van der Waals surface area contributed by atoms with Gasteiger partial charge in [0.25, 0.3) is 0 Å². The number of fused-ring (bicyclic) bond motifs is 2. The second kappa shape index (κ2) is 9.09. The zero-order valence-electron chi connectivity index (χ0n) is 17.7. The van der Waals surface area contributed by atoms with E-state index in [4.69, 9.17) is 23.2 Å². The Labute approximate surface area is 208 Å². The quantitative estimate of drug-likeness (QED) is 0.412. The number of hydrogen-bond donors (Lipinski definition) is 4. The molecular formula is C20H24Cl2N6O3S2. The van der Waals surface area contributed by atoms with Crippen LogP contribution < -0.4 is 10.6 Å². The predicted molar refractivity (Wildman–Crippen MR) is 129 cm³/mol. The number of hydrogen-bond acceptors (Lipinski definition) is 10. The number of rotatable bonds is 6. The third-order valence-corrected chi connectivity index (χ3v) is 9.16. The van der Waals surface area contributed by atoms with Crippen LogP contribution in [-0.4, -0.2) is 70.2 Å². The van der Waals surface area contributed by atoms with Crippen LogP contribution in [-0.2, 0) is 23.6 Å². The molecule has 33 heavy (non-hydrogen) atoms. The van der Waals surface area contributed by atoms with E-state index in [1.807, 2.05) is 0 Å². The zero-order valence-corrected chi connectivity index (χ0v) is 20.9. The highest BCUT2D eigenvalue weighted by Gasteiger charge is 2.44. The van der Waals surface area contributed by atoms with E-state index in [0.717, 1.165) is 60.0 Å². The molecule has 2 saturated carbocycles. The molecule has 2 fully saturated rings. The van der Waals surface area contributed by atoms with E-state index in [-0.39, 0.29) is 34.9 Å². The van der Waals surface area contributed by atoms with E-state index >= 15 is 0 Å². The van der Waals surface area contributed by atoms with Gasteiger partial charge in [0.1, 0.15) is 16.5 Å². The molecule has 0 saturated heterocycles. The maximum absolute atomic E-state index is 11.9. The molecule has 0 amide bonds. The second-order valence-corrected chi connectivity index (χ2v) is 12.0. The van der Waals surface area contributed by atoms with E-state index in [1.54, 1.807) is 11.8 Å². The van der Waals surface area contributed by atoms with Crippen molar-refractivity contribution >= 4 is 57.4 Å². The maximum atomic E-state index is 11.9. The number of aromatic nitrogens is 4. The highest BCUT2D eigenvalue weighted by Crippen LogP contribution is 2.43.